The molecule has 1 aliphatic rings. The number of alkyl halides is 3. The number of fused-ring (bicyclic) bond motifs is 1. The summed E-state index contributed by atoms with van der Waals surface area (Å²) in [6, 6.07) is 14.6. The van der Waals surface area contributed by atoms with Gasteiger partial charge in [0.05, 0.1) is 11.6 Å². The zero-order valence-electron chi connectivity index (χ0n) is 18.0. The van der Waals surface area contributed by atoms with Crippen LogP contribution in [0.4, 0.5) is 18.9 Å². The van der Waals surface area contributed by atoms with E-state index in [0.29, 0.717) is 28.9 Å². The molecule has 0 aliphatic heterocycles. The van der Waals surface area contributed by atoms with Crippen molar-refractivity contribution < 1.29 is 22.7 Å². The minimum atomic E-state index is -4.55. The summed E-state index contributed by atoms with van der Waals surface area (Å²) in [5.41, 5.74) is -0.0146. The van der Waals surface area contributed by atoms with Crippen molar-refractivity contribution in [2.45, 2.75) is 44.9 Å². The van der Waals surface area contributed by atoms with Crippen LogP contribution in [0.5, 0.6) is 5.75 Å². The number of carbonyl (C=O) groups is 1. The van der Waals surface area contributed by atoms with Gasteiger partial charge in [0.15, 0.2) is 0 Å². The molecule has 8 heteroatoms. The summed E-state index contributed by atoms with van der Waals surface area (Å²) in [7, 11) is 0. The van der Waals surface area contributed by atoms with Gasteiger partial charge in [0.25, 0.3) is 0 Å². The van der Waals surface area contributed by atoms with E-state index in [0.717, 1.165) is 18.9 Å². The van der Waals surface area contributed by atoms with E-state index in [1.54, 1.807) is 48.5 Å². The van der Waals surface area contributed by atoms with E-state index in [4.69, 9.17) is 16.3 Å². The average Bonchev–Trinajstić information content (AvgIpc) is 2.80. The lowest BCUT2D eigenvalue weighted by Crippen LogP contribution is -2.32. The Morgan fingerprint density at radius 1 is 1.09 bits per heavy atom. The number of pyridine rings is 1. The van der Waals surface area contributed by atoms with Gasteiger partial charge in [0.1, 0.15) is 11.4 Å². The molecule has 1 unspecified atom stereocenters. The SMILES string of the molecule is CC(C(=O)Nc1ccc(Cl)cc1)[C@H]1CC[C@@H](Oc2cc(C(F)(F)F)nc3ccccc23)CC1. The summed E-state index contributed by atoms with van der Waals surface area (Å²) in [6.45, 7) is 1.91. The van der Waals surface area contributed by atoms with Crippen molar-refractivity contribution in [3.63, 3.8) is 0 Å². The highest BCUT2D eigenvalue weighted by Crippen LogP contribution is 2.37. The fourth-order valence-electron chi connectivity index (χ4n) is 4.28. The van der Waals surface area contributed by atoms with Crippen LogP contribution in [0.25, 0.3) is 10.9 Å². The van der Waals surface area contributed by atoms with Crippen LogP contribution < -0.4 is 10.1 Å². The van der Waals surface area contributed by atoms with Crippen LogP contribution in [0, 0.1) is 11.8 Å². The second-order valence-electron chi connectivity index (χ2n) is 8.46. The fourth-order valence-corrected chi connectivity index (χ4v) is 4.40. The van der Waals surface area contributed by atoms with Gasteiger partial charge in [-0.15, -0.1) is 0 Å². The van der Waals surface area contributed by atoms with Crippen molar-refractivity contribution >= 4 is 34.1 Å². The second kappa shape index (κ2) is 9.59. The first-order chi connectivity index (χ1) is 15.7. The zero-order valence-corrected chi connectivity index (χ0v) is 18.8. The van der Waals surface area contributed by atoms with Crippen LogP contribution in [-0.2, 0) is 11.0 Å². The number of hydrogen-bond donors (Lipinski definition) is 1. The van der Waals surface area contributed by atoms with E-state index in [-0.39, 0.29) is 35.1 Å². The van der Waals surface area contributed by atoms with Gasteiger partial charge in [-0.05, 0) is 68.0 Å². The predicted octanol–water partition coefficient (Wildman–Crippen LogP) is 7.12. The van der Waals surface area contributed by atoms with Crippen molar-refractivity contribution in [2.24, 2.45) is 11.8 Å². The Hall–Kier alpha value is -2.80. The van der Waals surface area contributed by atoms with Crippen LogP contribution in [0.3, 0.4) is 0 Å². The number of benzene rings is 2. The van der Waals surface area contributed by atoms with E-state index in [9.17, 15) is 18.0 Å². The quantitative estimate of drug-likeness (QED) is 0.426. The molecular weight excluding hydrogens is 453 g/mol. The summed E-state index contributed by atoms with van der Waals surface area (Å²) in [4.78, 5) is 16.4. The number of para-hydroxylation sites is 1. The van der Waals surface area contributed by atoms with Gasteiger partial charge in [-0.3, -0.25) is 4.79 Å². The van der Waals surface area contributed by atoms with E-state index in [1.165, 1.54) is 0 Å². The molecule has 1 amide bonds. The maximum Gasteiger partial charge on any atom is 0.433 e. The van der Waals surface area contributed by atoms with Crippen LogP contribution in [0.1, 0.15) is 38.3 Å². The Bertz CT molecular complexity index is 1130. The first-order valence-corrected chi connectivity index (χ1v) is 11.3. The molecule has 0 radical (unpaired) electrons. The number of nitrogens with one attached hydrogen (secondary N) is 1. The van der Waals surface area contributed by atoms with E-state index >= 15 is 0 Å². The van der Waals surface area contributed by atoms with Gasteiger partial charge >= 0.3 is 6.18 Å². The third-order valence-corrected chi connectivity index (χ3v) is 6.47. The van der Waals surface area contributed by atoms with E-state index in [1.807, 2.05) is 6.92 Å². The molecule has 33 heavy (non-hydrogen) atoms. The topological polar surface area (TPSA) is 51.2 Å². The third-order valence-electron chi connectivity index (χ3n) is 6.21. The van der Waals surface area contributed by atoms with Gasteiger partial charge in [0.2, 0.25) is 5.91 Å². The molecule has 2 aromatic carbocycles. The molecule has 0 spiro atoms. The van der Waals surface area contributed by atoms with Crippen LogP contribution in [0.15, 0.2) is 54.6 Å². The maximum absolute atomic E-state index is 13.3. The molecule has 1 fully saturated rings. The van der Waals surface area contributed by atoms with Gasteiger partial charge in [0, 0.05) is 28.1 Å². The number of aromatic nitrogens is 1. The molecule has 1 heterocycles. The molecule has 1 aliphatic carbocycles. The molecule has 1 N–H and O–H groups in total. The minimum Gasteiger partial charge on any atom is -0.490 e. The monoisotopic (exact) mass is 476 g/mol. The van der Waals surface area contributed by atoms with E-state index in [2.05, 4.69) is 10.3 Å². The standard InChI is InChI=1S/C25H24ClF3N2O2/c1-15(24(32)30-18-10-8-17(26)9-11-18)16-6-12-19(13-7-16)33-22-14-23(25(27,28)29)31-21-5-3-2-4-20(21)22/h2-5,8-11,14-16,19H,6-7,12-13H2,1H3,(H,30,32)/t15?,16-,19+. The molecule has 4 rings (SSSR count). The molecule has 1 saturated carbocycles. The van der Waals surface area contributed by atoms with E-state index < -0.39 is 11.9 Å². The Labute approximate surface area is 195 Å². The van der Waals surface area contributed by atoms with Crippen molar-refractivity contribution in [1.29, 1.82) is 0 Å². The number of carbonyl (C=O) groups excluding carboxylic acids is 1. The average molecular weight is 477 g/mol. The largest absolute Gasteiger partial charge is 0.490 e. The van der Waals surface area contributed by atoms with Gasteiger partial charge in [-0.2, -0.15) is 13.2 Å². The molecule has 174 valence electrons. The lowest BCUT2D eigenvalue weighted by atomic mass is 9.79. The number of anilines is 1. The highest BCUT2D eigenvalue weighted by molar-refractivity contribution is 6.30. The third kappa shape index (κ3) is 5.58. The Balaban J connectivity index is 1.40. The summed E-state index contributed by atoms with van der Waals surface area (Å²) in [5.74, 6) is 0.124. The first kappa shape index (κ1) is 23.4. The molecule has 1 aromatic heterocycles. The molecule has 3 aromatic rings. The lowest BCUT2D eigenvalue weighted by molar-refractivity contribution is -0.141. The summed E-state index contributed by atoms with van der Waals surface area (Å²) >= 11 is 5.88. The lowest BCUT2D eigenvalue weighted by Gasteiger charge is -2.32. The maximum atomic E-state index is 13.3. The Morgan fingerprint density at radius 3 is 2.42 bits per heavy atom. The number of halogens is 4. The number of ether oxygens (including phenoxy) is 1. The van der Waals surface area contributed by atoms with Crippen LogP contribution in [-0.4, -0.2) is 17.0 Å². The Morgan fingerprint density at radius 2 is 1.76 bits per heavy atom. The Kier molecular flexibility index (Phi) is 6.79. The van der Waals surface area contributed by atoms with Crippen molar-refractivity contribution in [2.75, 3.05) is 5.32 Å². The highest BCUT2D eigenvalue weighted by Gasteiger charge is 2.35. The highest BCUT2D eigenvalue weighted by atomic mass is 35.5. The summed E-state index contributed by atoms with van der Waals surface area (Å²) in [5, 5.41) is 4.07. The molecule has 4 nitrogen and oxygen atoms in total. The number of amides is 1. The smallest absolute Gasteiger partial charge is 0.433 e. The minimum absolute atomic E-state index is 0.0587. The molecule has 0 saturated heterocycles. The van der Waals surface area contributed by atoms with Gasteiger partial charge < -0.3 is 10.1 Å². The molecule has 0 bridgehead atoms. The molecular formula is C25H24ClF3N2O2. The summed E-state index contributed by atoms with van der Waals surface area (Å²) < 4.78 is 46.0. The molecule has 1 atom stereocenters. The second-order valence-corrected chi connectivity index (χ2v) is 8.90. The number of rotatable bonds is 5. The zero-order chi connectivity index (χ0) is 23.6. The van der Waals surface area contributed by atoms with Crippen molar-refractivity contribution in [3.8, 4) is 5.75 Å². The number of nitrogens with zero attached hydrogens (tertiary/aromatic N) is 1. The van der Waals surface area contributed by atoms with Gasteiger partial charge in [-0.1, -0.05) is 30.7 Å². The first-order valence-electron chi connectivity index (χ1n) is 10.9. The van der Waals surface area contributed by atoms with Crippen LogP contribution in [0.2, 0.25) is 5.02 Å². The van der Waals surface area contributed by atoms with Crippen molar-refractivity contribution in [1.82, 2.24) is 4.98 Å². The fraction of sp³-hybridized carbons (Fsp3) is 0.360. The predicted molar refractivity (Wildman–Crippen MR) is 122 cm³/mol. The van der Waals surface area contributed by atoms with Gasteiger partial charge in [-0.25, -0.2) is 4.98 Å². The van der Waals surface area contributed by atoms with Crippen LogP contribution >= 0.6 is 11.6 Å². The summed E-state index contributed by atoms with van der Waals surface area (Å²) in [6.07, 6.45) is -1.90. The van der Waals surface area contributed by atoms with Crippen molar-refractivity contribution in [3.05, 3.63) is 65.3 Å². The normalized spacial score (nSPS) is 19.8. The number of hydrogen-bond acceptors (Lipinski definition) is 3.